The van der Waals surface area contributed by atoms with Crippen LogP contribution >= 0.6 is 0 Å². The first-order chi connectivity index (χ1) is 12.1. The summed E-state index contributed by atoms with van der Waals surface area (Å²) in [6.07, 6.45) is 7.63. The predicted molar refractivity (Wildman–Crippen MR) is 118 cm³/mol. The molecule has 154 valence electrons. The van der Waals surface area contributed by atoms with Crippen molar-refractivity contribution in [2.75, 3.05) is 0 Å². The molecule has 1 N–H and O–H groups in total. The van der Waals surface area contributed by atoms with E-state index >= 15 is 0 Å². The van der Waals surface area contributed by atoms with Crippen LogP contribution in [0.2, 0.25) is 17.7 Å². The van der Waals surface area contributed by atoms with Crippen LogP contribution in [0.25, 0.3) is 0 Å². The molecular weight excluding hydrogens is 429 g/mol. The maximum absolute atomic E-state index is 12.1. The average Bonchev–Trinajstić information content (AvgIpc) is 2.54. The standard InChI is InChI=1S/C10H18NO2.3C4H9.Sn/c1-7(2)8(3)11-9(12)13-10(4,5)6;3*1-3-4-2;/h8H,1-2H2,3-6H3,(H,11,12);3*1,3-4H2,2H3;. The molecule has 0 saturated carbocycles. The summed E-state index contributed by atoms with van der Waals surface area (Å²) < 4.78 is 11.0. The van der Waals surface area contributed by atoms with E-state index in [2.05, 4.69) is 39.6 Å². The number of alkyl carbamates (subject to hydrolysis) is 1. The van der Waals surface area contributed by atoms with Crippen LogP contribution in [0.5, 0.6) is 0 Å². The van der Waals surface area contributed by atoms with E-state index in [0.29, 0.717) is 0 Å². The van der Waals surface area contributed by atoms with Crippen LogP contribution in [0.3, 0.4) is 0 Å². The van der Waals surface area contributed by atoms with Gasteiger partial charge < -0.3 is 0 Å². The Morgan fingerprint density at radius 2 is 1.42 bits per heavy atom. The Morgan fingerprint density at radius 3 is 1.77 bits per heavy atom. The van der Waals surface area contributed by atoms with E-state index in [-0.39, 0.29) is 12.1 Å². The van der Waals surface area contributed by atoms with Crippen LogP contribution in [-0.2, 0) is 4.74 Å². The molecule has 4 heteroatoms. The van der Waals surface area contributed by atoms with E-state index in [1.165, 1.54) is 61.8 Å². The Labute approximate surface area is 167 Å². The van der Waals surface area contributed by atoms with Gasteiger partial charge >= 0.3 is 168 Å². The second-order valence-electron chi connectivity index (χ2n) is 9.01. The van der Waals surface area contributed by atoms with Crippen LogP contribution in [0.15, 0.2) is 12.2 Å². The van der Waals surface area contributed by atoms with Crippen molar-refractivity contribution in [1.29, 1.82) is 0 Å². The molecular formula is C22H45NO2Sn. The topological polar surface area (TPSA) is 38.3 Å². The summed E-state index contributed by atoms with van der Waals surface area (Å²) in [7, 11) is 0. The molecule has 1 unspecified atom stereocenters. The van der Waals surface area contributed by atoms with Crippen molar-refractivity contribution in [3.8, 4) is 0 Å². The SMILES string of the molecule is C=C([CH2][Sn]([CH2]CCC)([CH2]CCC)[CH2]CCC)C(C)NC(=O)OC(C)(C)C. The molecule has 0 bridgehead atoms. The first-order valence-corrected chi connectivity index (χ1v) is 18.8. The molecule has 0 aromatic heterocycles. The van der Waals surface area contributed by atoms with Crippen molar-refractivity contribution >= 4 is 24.5 Å². The fraction of sp³-hybridized carbons (Fsp3) is 0.864. The first-order valence-electron chi connectivity index (χ1n) is 10.8. The number of rotatable bonds is 13. The normalized spacial score (nSPS) is 13.3. The maximum atomic E-state index is 12.1. The van der Waals surface area contributed by atoms with Crippen LogP contribution in [0.4, 0.5) is 4.79 Å². The molecule has 0 rings (SSSR count). The van der Waals surface area contributed by atoms with E-state index in [4.69, 9.17) is 4.74 Å². The molecule has 0 aliphatic rings. The van der Waals surface area contributed by atoms with Gasteiger partial charge in [-0.05, 0) is 0 Å². The Kier molecular flexibility index (Phi) is 13.0. The van der Waals surface area contributed by atoms with E-state index in [9.17, 15) is 4.79 Å². The van der Waals surface area contributed by atoms with Gasteiger partial charge in [-0.2, -0.15) is 0 Å². The van der Waals surface area contributed by atoms with Gasteiger partial charge in [-0.1, -0.05) is 0 Å². The number of carbonyl (C=O) groups excluding carboxylic acids is 1. The van der Waals surface area contributed by atoms with Crippen LogP contribution in [-0.4, -0.2) is 36.1 Å². The molecule has 0 aliphatic heterocycles. The van der Waals surface area contributed by atoms with Crippen LogP contribution in [0.1, 0.15) is 87.0 Å². The molecule has 3 nitrogen and oxygen atoms in total. The van der Waals surface area contributed by atoms with E-state index in [0.717, 1.165) is 0 Å². The Morgan fingerprint density at radius 1 is 1.00 bits per heavy atom. The van der Waals surface area contributed by atoms with Gasteiger partial charge in [0, 0.05) is 0 Å². The predicted octanol–water partition coefficient (Wildman–Crippen LogP) is 7.30. The van der Waals surface area contributed by atoms with Gasteiger partial charge in [0.25, 0.3) is 0 Å². The molecule has 0 spiro atoms. The molecule has 0 saturated heterocycles. The van der Waals surface area contributed by atoms with Gasteiger partial charge in [-0.3, -0.25) is 0 Å². The minimum absolute atomic E-state index is 0.00851. The zero-order valence-corrected chi connectivity index (χ0v) is 21.5. The third kappa shape index (κ3) is 11.5. The average molecular weight is 474 g/mol. The second-order valence-corrected chi connectivity index (χ2v) is 22.9. The van der Waals surface area contributed by atoms with Gasteiger partial charge in [-0.15, -0.1) is 0 Å². The Balaban J connectivity index is 5.01. The van der Waals surface area contributed by atoms with Crippen molar-refractivity contribution < 1.29 is 9.53 Å². The monoisotopic (exact) mass is 475 g/mol. The quantitative estimate of drug-likeness (QED) is 0.225. The fourth-order valence-electron chi connectivity index (χ4n) is 3.52. The molecule has 0 aromatic rings. The zero-order chi connectivity index (χ0) is 20.2. The third-order valence-corrected chi connectivity index (χ3v) is 20.7. The number of ether oxygens (including phenoxy) is 1. The number of hydrogen-bond acceptors (Lipinski definition) is 2. The molecule has 0 heterocycles. The second kappa shape index (κ2) is 13.1. The fourth-order valence-corrected chi connectivity index (χ4v) is 20.2. The van der Waals surface area contributed by atoms with E-state index in [1.54, 1.807) is 0 Å². The number of nitrogens with one attached hydrogen (secondary N) is 1. The molecule has 26 heavy (non-hydrogen) atoms. The summed E-state index contributed by atoms with van der Waals surface area (Å²) in [6, 6.07) is -0.00851. The van der Waals surface area contributed by atoms with Crippen molar-refractivity contribution in [2.24, 2.45) is 0 Å². The number of hydrogen-bond donors (Lipinski definition) is 1. The van der Waals surface area contributed by atoms with Gasteiger partial charge in [0.2, 0.25) is 0 Å². The van der Waals surface area contributed by atoms with Gasteiger partial charge in [0.05, 0.1) is 0 Å². The molecule has 1 amide bonds. The summed E-state index contributed by atoms with van der Waals surface area (Å²) in [4.78, 5) is 12.1. The van der Waals surface area contributed by atoms with Crippen molar-refractivity contribution in [1.82, 2.24) is 5.32 Å². The summed E-state index contributed by atoms with van der Waals surface area (Å²) >= 11 is -2.25. The zero-order valence-electron chi connectivity index (χ0n) is 18.7. The first kappa shape index (κ1) is 25.8. The van der Waals surface area contributed by atoms with Crippen molar-refractivity contribution in [3.05, 3.63) is 12.2 Å². The third-order valence-electron chi connectivity index (χ3n) is 5.13. The van der Waals surface area contributed by atoms with Crippen molar-refractivity contribution in [3.63, 3.8) is 0 Å². The summed E-state index contributed by atoms with van der Waals surface area (Å²) in [6.45, 7) is 19.1. The minimum atomic E-state index is -2.25. The molecule has 0 radical (unpaired) electrons. The van der Waals surface area contributed by atoms with Gasteiger partial charge in [-0.25, -0.2) is 0 Å². The number of unbranched alkanes of at least 4 members (excludes halogenated alkanes) is 3. The number of carbonyl (C=O) groups is 1. The summed E-state index contributed by atoms with van der Waals surface area (Å²) in [5.74, 6) is 0. The van der Waals surface area contributed by atoms with E-state index in [1.807, 2.05) is 20.8 Å². The molecule has 0 fully saturated rings. The molecule has 0 aliphatic carbocycles. The summed E-state index contributed by atoms with van der Waals surface area (Å²) in [5.41, 5.74) is 0.757. The molecule has 1 atom stereocenters. The van der Waals surface area contributed by atoms with Gasteiger partial charge in [0.15, 0.2) is 0 Å². The Hall–Kier alpha value is -0.191. The molecule has 0 aromatic carbocycles. The van der Waals surface area contributed by atoms with Crippen LogP contribution in [0, 0.1) is 0 Å². The van der Waals surface area contributed by atoms with E-state index < -0.39 is 24.0 Å². The Bertz CT molecular complexity index is 393. The van der Waals surface area contributed by atoms with Gasteiger partial charge in [0.1, 0.15) is 0 Å². The van der Waals surface area contributed by atoms with Crippen LogP contribution < -0.4 is 5.32 Å². The summed E-state index contributed by atoms with van der Waals surface area (Å²) in [5, 5.41) is 3.00. The number of amides is 1. The van der Waals surface area contributed by atoms with Crippen molar-refractivity contribution in [2.45, 2.75) is 116 Å².